The van der Waals surface area contributed by atoms with Gasteiger partial charge in [-0.25, -0.2) is 4.79 Å². The molecule has 1 heterocycles. The van der Waals surface area contributed by atoms with Gasteiger partial charge in [0.1, 0.15) is 17.4 Å². The number of ether oxygens (including phenoxy) is 2. The zero-order valence-electron chi connectivity index (χ0n) is 12.9. The second-order valence-corrected chi connectivity index (χ2v) is 5.71. The quantitative estimate of drug-likeness (QED) is 0.812. The Morgan fingerprint density at radius 3 is 2.70 bits per heavy atom. The first-order valence-corrected chi connectivity index (χ1v) is 8.06. The molecule has 0 radical (unpaired) electrons. The van der Waals surface area contributed by atoms with Gasteiger partial charge in [-0.15, -0.1) is 0 Å². The lowest BCUT2D eigenvalue weighted by Gasteiger charge is -2.28. The Bertz CT molecular complexity index is 732. The minimum atomic E-state index is -0.613. The Labute approximate surface area is 143 Å². The fourth-order valence-corrected chi connectivity index (χ4v) is 3.05. The third kappa shape index (κ3) is 3.25. The molecule has 0 fully saturated rings. The molecule has 1 aliphatic rings. The zero-order chi connectivity index (χ0) is 17.0. The van der Waals surface area contributed by atoms with Crippen molar-refractivity contribution >= 4 is 21.9 Å². The molecule has 120 valence electrons. The van der Waals surface area contributed by atoms with Gasteiger partial charge < -0.3 is 15.2 Å². The van der Waals surface area contributed by atoms with Crippen LogP contribution in [0.2, 0.25) is 0 Å². The number of carbonyl (C=O) groups is 1. The number of carbonyl (C=O) groups excluding carboxylic acids is 1. The number of rotatable bonds is 4. The molecule has 0 spiro atoms. The lowest BCUT2D eigenvalue weighted by molar-refractivity contribution is -0.139. The predicted octanol–water partition coefficient (Wildman–Crippen LogP) is 3.48. The van der Waals surface area contributed by atoms with Gasteiger partial charge in [0.05, 0.1) is 18.1 Å². The monoisotopic (exact) mass is 376 g/mol. The van der Waals surface area contributed by atoms with Gasteiger partial charge in [-0.3, -0.25) is 0 Å². The van der Waals surface area contributed by atoms with Crippen molar-refractivity contribution in [1.29, 1.82) is 5.26 Å². The summed E-state index contributed by atoms with van der Waals surface area (Å²) in [4.78, 5) is 12.5. The van der Waals surface area contributed by atoms with Gasteiger partial charge in [0, 0.05) is 10.9 Å². The van der Waals surface area contributed by atoms with Gasteiger partial charge in [0.2, 0.25) is 5.88 Å². The topological polar surface area (TPSA) is 85.3 Å². The van der Waals surface area contributed by atoms with Gasteiger partial charge in [0.25, 0.3) is 0 Å². The Morgan fingerprint density at radius 1 is 1.43 bits per heavy atom. The first-order chi connectivity index (χ1) is 11.0. The van der Waals surface area contributed by atoms with E-state index < -0.39 is 11.9 Å². The van der Waals surface area contributed by atoms with Crippen molar-refractivity contribution < 1.29 is 14.3 Å². The van der Waals surface area contributed by atoms with E-state index in [-0.39, 0.29) is 18.1 Å². The highest BCUT2D eigenvalue weighted by Gasteiger charge is 2.37. The van der Waals surface area contributed by atoms with E-state index in [1.54, 1.807) is 6.92 Å². The van der Waals surface area contributed by atoms with Crippen molar-refractivity contribution in [3.8, 4) is 6.07 Å². The summed E-state index contributed by atoms with van der Waals surface area (Å²) >= 11 is 3.48. The molecule has 0 aliphatic carbocycles. The molecule has 1 aromatic rings. The number of nitrogens with two attached hydrogens (primary N) is 1. The first-order valence-electron chi connectivity index (χ1n) is 7.27. The smallest absolute Gasteiger partial charge is 0.338 e. The van der Waals surface area contributed by atoms with E-state index in [2.05, 4.69) is 22.0 Å². The zero-order valence-corrected chi connectivity index (χ0v) is 14.5. The van der Waals surface area contributed by atoms with E-state index in [4.69, 9.17) is 15.2 Å². The largest absolute Gasteiger partial charge is 0.463 e. The predicted molar refractivity (Wildman–Crippen MR) is 88.7 cm³/mol. The second kappa shape index (κ2) is 7.34. The molecule has 0 saturated heterocycles. The van der Waals surface area contributed by atoms with Crippen LogP contribution in [0, 0.1) is 11.3 Å². The van der Waals surface area contributed by atoms with Gasteiger partial charge in [-0.2, -0.15) is 5.26 Å². The lowest BCUT2D eigenvalue weighted by Crippen LogP contribution is -2.26. The van der Waals surface area contributed by atoms with Crippen LogP contribution in [-0.2, 0) is 14.3 Å². The number of benzene rings is 1. The van der Waals surface area contributed by atoms with Gasteiger partial charge >= 0.3 is 5.97 Å². The molecule has 23 heavy (non-hydrogen) atoms. The fraction of sp³-hybridized carbons (Fsp3) is 0.294. The highest BCUT2D eigenvalue weighted by Crippen LogP contribution is 2.42. The van der Waals surface area contributed by atoms with Crippen LogP contribution in [0.1, 0.15) is 31.7 Å². The molecule has 5 nitrogen and oxygen atoms in total. The van der Waals surface area contributed by atoms with Crippen LogP contribution in [0.5, 0.6) is 0 Å². The number of hydrogen-bond acceptors (Lipinski definition) is 5. The maximum Gasteiger partial charge on any atom is 0.338 e. The number of halogens is 1. The molecule has 1 atom stereocenters. The average molecular weight is 377 g/mol. The standard InChI is InChI=1S/C17H17BrN2O3/c1-3-13-15(17(21)22-4-2)14(11(9-19)16(20)23-13)10-7-5-6-8-12(10)18/h5-8,14H,3-4,20H2,1-2H3/t14-/m1/s1. The molecule has 1 aliphatic heterocycles. The van der Waals surface area contributed by atoms with E-state index in [0.717, 1.165) is 10.0 Å². The highest BCUT2D eigenvalue weighted by atomic mass is 79.9. The third-order valence-electron chi connectivity index (χ3n) is 3.53. The summed E-state index contributed by atoms with van der Waals surface area (Å²) < 4.78 is 11.5. The number of nitriles is 1. The molecule has 6 heteroatoms. The molecule has 0 saturated carbocycles. The number of nitrogens with zero attached hydrogens (tertiary/aromatic N) is 1. The number of hydrogen-bond donors (Lipinski definition) is 1. The Balaban J connectivity index is 2.69. The van der Waals surface area contributed by atoms with Crippen LogP contribution in [0.25, 0.3) is 0 Å². The van der Waals surface area contributed by atoms with Crippen LogP contribution in [0.4, 0.5) is 0 Å². The van der Waals surface area contributed by atoms with Crippen molar-refractivity contribution in [2.75, 3.05) is 6.61 Å². The average Bonchev–Trinajstić information content (AvgIpc) is 2.54. The highest BCUT2D eigenvalue weighted by molar-refractivity contribution is 9.10. The van der Waals surface area contributed by atoms with Gasteiger partial charge in [-0.1, -0.05) is 41.1 Å². The summed E-state index contributed by atoms with van der Waals surface area (Å²) in [6.45, 7) is 3.83. The molecule has 0 unspecified atom stereocenters. The van der Waals surface area contributed by atoms with Crippen molar-refractivity contribution in [1.82, 2.24) is 0 Å². The van der Waals surface area contributed by atoms with Crippen LogP contribution in [0.3, 0.4) is 0 Å². The van der Waals surface area contributed by atoms with E-state index in [0.29, 0.717) is 17.8 Å². The summed E-state index contributed by atoms with van der Waals surface area (Å²) in [6.07, 6.45) is 0.467. The Morgan fingerprint density at radius 2 is 2.13 bits per heavy atom. The van der Waals surface area contributed by atoms with Crippen molar-refractivity contribution in [2.45, 2.75) is 26.2 Å². The van der Waals surface area contributed by atoms with Crippen LogP contribution in [0.15, 0.2) is 51.5 Å². The summed E-state index contributed by atoms with van der Waals surface area (Å²) in [7, 11) is 0. The van der Waals surface area contributed by atoms with Crippen LogP contribution < -0.4 is 5.73 Å². The number of esters is 1. The summed E-state index contributed by atoms with van der Waals surface area (Å²) in [6, 6.07) is 9.47. The third-order valence-corrected chi connectivity index (χ3v) is 4.25. The van der Waals surface area contributed by atoms with Crippen LogP contribution in [-0.4, -0.2) is 12.6 Å². The lowest BCUT2D eigenvalue weighted by atomic mass is 9.82. The maximum absolute atomic E-state index is 12.5. The Kier molecular flexibility index (Phi) is 5.45. The second-order valence-electron chi connectivity index (χ2n) is 4.86. The molecule has 2 N–H and O–H groups in total. The molecule has 0 bridgehead atoms. The molecular formula is C17H17BrN2O3. The van der Waals surface area contributed by atoms with E-state index in [1.165, 1.54) is 0 Å². The van der Waals surface area contributed by atoms with E-state index in [9.17, 15) is 10.1 Å². The van der Waals surface area contributed by atoms with E-state index >= 15 is 0 Å². The molecule has 2 rings (SSSR count). The minimum absolute atomic E-state index is 0.0261. The molecular weight excluding hydrogens is 360 g/mol. The van der Waals surface area contributed by atoms with Crippen molar-refractivity contribution in [3.63, 3.8) is 0 Å². The van der Waals surface area contributed by atoms with E-state index in [1.807, 2.05) is 31.2 Å². The summed E-state index contributed by atoms with van der Waals surface area (Å²) in [5, 5.41) is 9.51. The van der Waals surface area contributed by atoms with Gasteiger partial charge in [-0.05, 0) is 18.6 Å². The summed E-state index contributed by atoms with van der Waals surface area (Å²) in [5.41, 5.74) is 7.20. The minimum Gasteiger partial charge on any atom is -0.463 e. The number of allylic oxidation sites excluding steroid dienone is 2. The van der Waals surface area contributed by atoms with Crippen molar-refractivity contribution in [2.24, 2.45) is 5.73 Å². The normalized spacial score (nSPS) is 17.6. The van der Waals surface area contributed by atoms with Crippen molar-refractivity contribution in [3.05, 3.63) is 57.1 Å². The van der Waals surface area contributed by atoms with Crippen LogP contribution >= 0.6 is 15.9 Å². The molecule has 0 amide bonds. The molecule has 0 aromatic heterocycles. The summed E-state index contributed by atoms with van der Waals surface area (Å²) in [5.74, 6) is -0.650. The molecule has 1 aromatic carbocycles. The Hall–Kier alpha value is -2.26. The SMILES string of the molecule is CCOC(=O)C1=C(CC)OC(N)=C(C#N)[C@H]1c1ccccc1Br. The maximum atomic E-state index is 12.5. The first kappa shape index (κ1) is 17.1. The van der Waals surface area contributed by atoms with Gasteiger partial charge in [0.15, 0.2) is 0 Å². The fourth-order valence-electron chi connectivity index (χ4n) is 2.53.